The number of alkyl halides is 3. The first-order valence-electron chi connectivity index (χ1n) is 14.0. The standard InChI is InChI=1S/C33H35F5/c1-2-21-3-5-22(6-4-21)7-8-23-9-10-25-18-26(12-11-24(25)17-23)27-13-14-29-28(19-27)20-31(34)30(32(29)35)15-16-33(36,37)38/h2,7-8,13-14,19-26H,1,3-6,9-12,17-18H2/b8-7+. The van der Waals surface area contributed by atoms with E-state index in [0.29, 0.717) is 29.1 Å². The molecule has 0 bridgehead atoms. The van der Waals surface area contributed by atoms with Gasteiger partial charge in [0.15, 0.2) is 0 Å². The fraction of sp³-hybridized carbons (Fsp3) is 0.515. The van der Waals surface area contributed by atoms with Crippen molar-refractivity contribution in [2.24, 2.45) is 29.6 Å². The second-order valence-electron chi connectivity index (χ2n) is 11.7. The Bertz CT molecular complexity index is 1250. The summed E-state index contributed by atoms with van der Waals surface area (Å²) < 4.78 is 66.6. The lowest BCUT2D eigenvalue weighted by Gasteiger charge is -2.42. The van der Waals surface area contributed by atoms with Crippen molar-refractivity contribution in [2.45, 2.75) is 76.3 Å². The van der Waals surface area contributed by atoms with E-state index in [2.05, 4.69) is 24.8 Å². The number of rotatable bonds is 4. The van der Waals surface area contributed by atoms with E-state index in [0.717, 1.165) is 48.6 Å². The Kier molecular flexibility index (Phi) is 7.98. The Morgan fingerprint density at radius 1 is 0.789 bits per heavy atom. The molecule has 5 rings (SSSR count). The summed E-state index contributed by atoms with van der Waals surface area (Å²) in [7, 11) is 0. The van der Waals surface area contributed by atoms with Crippen LogP contribution >= 0.6 is 0 Å². The van der Waals surface area contributed by atoms with Crippen LogP contribution in [0.2, 0.25) is 0 Å². The summed E-state index contributed by atoms with van der Waals surface area (Å²) in [6.07, 6.45) is 14.4. The molecule has 0 aromatic heterocycles. The van der Waals surface area contributed by atoms with Gasteiger partial charge in [0.05, 0.1) is 5.56 Å². The van der Waals surface area contributed by atoms with Crippen molar-refractivity contribution in [1.29, 1.82) is 0 Å². The minimum Gasteiger partial charge on any atom is -0.205 e. The van der Waals surface area contributed by atoms with Crippen LogP contribution in [0.5, 0.6) is 0 Å². The van der Waals surface area contributed by atoms with Gasteiger partial charge in [-0.25, -0.2) is 8.78 Å². The Morgan fingerprint density at radius 3 is 2.18 bits per heavy atom. The molecule has 2 aromatic carbocycles. The van der Waals surface area contributed by atoms with E-state index in [9.17, 15) is 22.0 Å². The van der Waals surface area contributed by atoms with Crippen molar-refractivity contribution in [3.8, 4) is 11.8 Å². The number of allylic oxidation sites excluding steroid dienone is 3. The Balaban J connectivity index is 1.22. The van der Waals surface area contributed by atoms with Gasteiger partial charge >= 0.3 is 6.18 Å². The molecule has 0 heterocycles. The van der Waals surface area contributed by atoms with Gasteiger partial charge in [0.1, 0.15) is 11.6 Å². The van der Waals surface area contributed by atoms with Crippen molar-refractivity contribution in [2.75, 3.05) is 0 Å². The third kappa shape index (κ3) is 6.16. The van der Waals surface area contributed by atoms with Gasteiger partial charge in [0.25, 0.3) is 0 Å². The van der Waals surface area contributed by atoms with Crippen molar-refractivity contribution >= 4 is 10.8 Å². The van der Waals surface area contributed by atoms with E-state index >= 15 is 0 Å². The molecule has 0 spiro atoms. The van der Waals surface area contributed by atoms with Crippen LogP contribution in [0.15, 0.2) is 49.1 Å². The fourth-order valence-electron chi connectivity index (χ4n) is 7.14. The van der Waals surface area contributed by atoms with Gasteiger partial charge in [-0.3, -0.25) is 0 Å². The normalized spacial score (nSPS) is 30.0. The molecule has 2 aromatic rings. The highest BCUT2D eigenvalue weighted by Crippen LogP contribution is 2.48. The summed E-state index contributed by atoms with van der Waals surface area (Å²) in [6, 6.07) is 6.33. The molecule has 3 aliphatic rings. The molecule has 202 valence electrons. The largest absolute Gasteiger partial charge is 0.458 e. The highest BCUT2D eigenvalue weighted by Gasteiger charge is 2.35. The third-order valence-corrected chi connectivity index (χ3v) is 9.31. The van der Waals surface area contributed by atoms with E-state index in [1.807, 2.05) is 12.1 Å². The summed E-state index contributed by atoms with van der Waals surface area (Å²) in [4.78, 5) is 0. The van der Waals surface area contributed by atoms with Crippen molar-refractivity contribution in [3.05, 3.63) is 71.8 Å². The molecule has 0 saturated heterocycles. The highest BCUT2D eigenvalue weighted by molar-refractivity contribution is 5.85. The number of hydrogen-bond donors (Lipinski definition) is 0. The van der Waals surface area contributed by atoms with Gasteiger partial charge in [-0.2, -0.15) is 13.2 Å². The quantitative estimate of drug-likeness (QED) is 0.211. The zero-order valence-corrected chi connectivity index (χ0v) is 21.7. The maximum atomic E-state index is 14.8. The van der Waals surface area contributed by atoms with Crippen LogP contribution in [0.3, 0.4) is 0 Å². The highest BCUT2D eigenvalue weighted by atomic mass is 19.4. The summed E-state index contributed by atoms with van der Waals surface area (Å²) in [5, 5.41) is 0.466. The van der Waals surface area contributed by atoms with Crippen LogP contribution in [-0.4, -0.2) is 6.18 Å². The molecule has 0 N–H and O–H groups in total. The van der Waals surface area contributed by atoms with E-state index in [4.69, 9.17) is 0 Å². The second kappa shape index (κ2) is 11.2. The SMILES string of the molecule is C=CC1CCC(/C=C/C2CCC3CC(c4ccc5c(F)c(C#CC(F)(F)F)c(F)cc5c4)CCC3C2)CC1. The number of hydrogen-bond acceptors (Lipinski definition) is 0. The molecule has 4 atom stereocenters. The average Bonchev–Trinajstić information content (AvgIpc) is 2.90. The third-order valence-electron chi connectivity index (χ3n) is 9.31. The van der Waals surface area contributed by atoms with Crippen LogP contribution in [0, 0.1) is 53.1 Å². The lowest BCUT2D eigenvalue weighted by atomic mass is 9.63. The number of benzene rings is 2. The zero-order chi connectivity index (χ0) is 26.9. The summed E-state index contributed by atoms with van der Waals surface area (Å²) in [6.45, 7) is 3.94. The maximum absolute atomic E-state index is 14.8. The van der Waals surface area contributed by atoms with Crippen LogP contribution in [0.4, 0.5) is 22.0 Å². The Hall–Kier alpha value is -2.61. The fourth-order valence-corrected chi connectivity index (χ4v) is 7.14. The van der Waals surface area contributed by atoms with Gasteiger partial charge in [0.2, 0.25) is 0 Å². The van der Waals surface area contributed by atoms with Gasteiger partial charge in [0, 0.05) is 11.3 Å². The predicted octanol–water partition coefficient (Wildman–Crippen LogP) is 9.88. The number of halogens is 5. The molecule has 38 heavy (non-hydrogen) atoms. The molecular weight excluding hydrogens is 491 g/mol. The minimum absolute atomic E-state index is 0.0978. The topological polar surface area (TPSA) is 0 Å². The van der Waals surface area contributed by atoms with Crippen molar-refractivity contribution in [1.82, 2.24) is 0 Å². The van der Waals surface area contributed by atoms with E-state index in [1.54, 1.807) is 12.0 Å². The van der Waals surface area contributed by atoms with Crippen LogP contribution in [-0.2, 0) is 0 Å². The van der Waals surface area contributed by atoms with Crippen LogP contribution in [0.25, 0.3) is 10.8 Å². The zero-order valence-electron chi connectivity index (χ0n) is 21.7. The molecule has 3 fully saturated rings. The summed E-state index contributed by atoms with van der Waals surface area (Å²) in [5.41, 5.74) is 0.222. The Labute approximate surface area is 222 Å². The average molecular weight is 527 g/mol. The molecule has 5 heteroatoms. The van der Waals surface area contributed by atoms with E-state index in [1.165, 1.54) is 44.9 Å². The van der Waals surface area contributed by atoms with Crippen molar-refractivity contribution in [3.63, 3.8) is 0 Å². The smallest absolute Gasteiger partial charge is 0.205 e. The lowest BCUT2D eigenvalue weighted by Crippen LogP contribution is -2.30. The number of fused-ring (bicyclic) bond motifs is 2. The Morgan fingerprint density at radius 2 is 1.45 bits per heavy atom. The molecule has 3 saturated carbocycles. The van der Waals surface area contributed by atoms with E-state index in [-0.39, 0.29) is 5.39 Å². The lowest BCUT2D eigenvalue weighted by molar-refractivity contribution is -0.0696. The molecule has 0 radical (unpaired) electrons. The van der Waals surface area contributed by atoms with Gasteiger partial charge in [-0.15, -0.1) is 6.58 Å². The first-order valence-corrected chi connectivity index (χ1v) is 14.0. The minimum atomic E-state index is -4.81. The second-order valence-corrected chi connectivity index (χ2v) is 11.7. The maximum Gasteiger partial charge on any atom is 0.458 e. The summed E-state index contributed by atoms with van der Waals surface area (Å²) >= 11 is 0. The predicted molar refractivity (Wildman–Crippen MR) is 142 cm³/mol. The first kappa shape index (κ1) is 27.0. The molecule has 4 unspecified atom stereocenters. The van der Waals surface area contributed by atoms with Crippen molar-refractivity contribution < 1.29 is 22.0 Å². The van der Waals surface area contributed by atoms with Gasteiger partial charge in [-0.1, -0.05) is 42.3 Å². The van der Waals surface area contributed by atoms with Gasteiger partial charge in [-0.05, 0) is 117 Å². The first-order chi connectivity index (χ1) is 18.2. The molecule has 0 amide bonds. The molecular formula is C33H35F5. The molecule has 0 nitrogen and oxygen atoms in total. The van der Waals surface area contributed by atoms with Crippen LogP contribution in [0.1, 0.15) is 81.3 Å². The van der Waals surface area contributed by atoms with Gasteiger partial charge < -0.3 is 0 Å². The molecule has 0 aliphatic heterocycles. The van der Waals surface area contributed by atoms with Crippen LogP contribution < -0.4 is 0 Å². The summed E-state index contributed by atoms with van der Waals surface area (Å²) in [5.74, 6) is 4.32. The van der Waals surface area contributed by atoms with E-state index < -0.39 is 23.4 Å². The monoisotopic (exact) mass is 526 g/mol. The molecule has 3 aliphatic carbocycles.